The maximum atomic E-state index is 14.3. The molecule has 0 aliphatic carbocycles. The first-order valence-electron chi connectivity index (χ1n) is 19.4. The molecule has 1 aromatic carbocycles. The predicted molar refractivity (Wildman–Crippen MR) is 209 cm³/mol. The number of nitrogens with two attached hydrogens (primary N) is 1. The lowest BCUT2D eigenvalue weighted by atomic mass is 10.0. The van der Waals surface area contributed by atoms with Crippen molar-refractivity contribution in [3.05, 3.63) is 53.7 Å². The van der Waals surface area contributed by atoms with Crippen LogP contribution in [0.3, 0.4) is 0 Å². The van der Waals surface area contributed by atoms with Crippen LogP contribution in [0.1, 0.15) is 140 Å². The van der Waals surface area contributed by atoms with E-state index in [0.717, 1.165) is 30.5 Å². The van der Waals surface area contributed by atoms with E-state index in [1.807, 2.05) is 18.2 Å². The molecule has 2 aromatic heterocycles. The Balaban J connectivity index is 0.00000477. The third kappa shape index (κ3) is 19.0. The number of hydrogen-bond acceptors (Lipinski definition) is 10. The van der Waals surface area contributed by atoms with Gasteiger partial charge < -0.3 is 29.1 Å². The Morgan fingerprint density at radius 3 is 1.96 bits per heavy atom. The zero-order valence-corrected chi connectivity index (χ0v) is 32.9. The summed E-state index contributed by atoms with van der Waals surface area (Å²) in [7, 11) is -0.586. The van der Waals surface area contributed by atoms with Gasteiger partial charge in [-0.15, -0.1) is 0 Å². The molecule has 0 bridgehead atoms. The molecule has 294 valence electrons. The summed E-state index contributed by atoms with van der Waals surface area (Å²) in [5, 5.41) is 19.9. The zero-order chi connectivity index (χ0) is 38.5. The summed E-state index contributed by atoms with van der Waals surface area (Å²) in [4.78, 5) is 14.6. The molecule has 0 aliphatic heterocycles. The number of methoxy groups -OCH3 is 1. The predicted octanol–water partition coefficient (Wildman–Crippen LogP) is 10.2. The minimum Gasteiger partial charge on any atom is -0.488 e. The number of aryl methyl sites for hydroxylation is 1. The SMILES string of the molecule is C#N.CCCCCCCCCCCCCCCCCCCC(COP(O)OCC(CCc1ccc2c(N)ncnn12)OC)Oc1ccc(C#N)c(F)c1. The Morgan fingerprint density at radius 1 is 0.849 bits per heavy atom. The van der Waals surface area contributed by atoms with Gasteiger partial charge in [0, 0.05) is 25.4 Å². The summed E-state index contributed by atoms with van der Waals surface area (Å²) in [6, 6.07) is 9.88. The summed E-state index contributed by atoms with van der Waals surface area (Å²) in [5.74, 6) is 0.108. The lowest BCUT2D eigenvalue weighted by Crippen LogP contribution is -2.23. The number of fused-ring (bicyclic) bond motifs is 1. The van der Waals surface area contributed by atoms with Gasteiger partial charge in [-0.3, -0.25) is 0 Å². The van der Waals surface area contributed by atoms with E-state index in [2.05, 4.69) is 23.6 Å². The van der Waals surface area contributed by atoms with Crippen LogP contribution in [0.15, 0.2) is 36.7 Å². The van der Waals surface area contributed by atoms with Crippen molar-refractivity contribution in [2.45, 2.75) is 148 Å². The van der Waals surface area contributed by atoms with Gasteiger partial charge in [-0.05, 0) is 49.9 Å². The molecule has 0 aliphatic rings. The van der Waals surface area contributed by atoms with Gasteiger partial charge in [0.25, 0.3) is 0 Å². The average molecular weight is 757 g/mol. The molecule has 0 radical (unpaired) electrons. The van der Waals surface area contributed by atoms with Gasteiger partial charge in [0.1, 0.15) is 35.6 Å². The van der Waals surface area contributed by atoms with Crippen LogP contribution in [0.5, 0.6) is 5.75 Å². The van der Waals surface area contributed by atoms with E-state index in [1.54, 1.807) is 17.7 Å². The number of nitrogen functional groups attached to an aromatic ring is 1. The highest BCUT2D eigenvalue weighted by atomic mass is 31.2. The zero-order valence-electron chi connectivity index (χ0n) is 32.0. The molecule has 13 heteroatoms. The van der Waals surface area contributed by atoms with Crippen LogP contribution >= 0.6 is 8.60 Å². The van der Waals surface area contributed by atoms with Crippen molar-refractivity contribution >= 4 is 19.9 Å². The fraction of sp³-hybridized carbons (Fsp3) is 0.650. The third-order valence-electron chi connectivity index (χ3n) is 9.35. The molecular weight excluding hydrogens is 694 g/mol. The van der Waals surface area contributed by atoms with Gasteiger partial charge in [0.05, 0.1) is 24.9 Å². The molecule has 11 nitrogen and oxygen atoms in total. The summed E-state index contributed by atoms with van der Waals surface area (Å²) in [6.45, 7) is 5.99. The molecule has 0 saturated carbocycles. The summed E-state index contributed by atoms with van der Waals surface area (Å²) in [6.07, 6.45) is 24.8. The van der Waals surface area contributed by atoms with Crippen LogP contribution in [0.25, 0.3) is 5.52 Å². The van der Waals surface area contributed by atoms with Crippen LogP contribution in [-0.4, -0.2) is 52.0 Å². The van der Waals surface area contributed by atoms with Gasteiger partial charge in [-0.1, -0.05) is 110 Å². The molecule has 0 fully saturated rings. The number of aromatic nitrogens is 3. The maximum Gasteiger partial charge on any atom is 0.330 e. The average Bonchev–Trinajstić information content (AvgIpc) is 3.60. The molecule has 3 rings (SSSR count). The van der Waals surface area contributed by atoms with Gasteiger partial charge in [0.15, 0.2) is 5.82 Å². The molecule has 3 atom stereocenters. The number of nitriles is 2. The van der Waals surface area contributed by atoms with Gasteiger partial charge in [-0.25, -0.2) is 19.2 Å². The van der Waals surface area contributed by atoms with Crippen LogP contribution in [-0.2, 0) is 20.2 Å². The van der Waals surface area contributed by atoms with Crippen LogP contribution in [0.4, 0.5) is 10.2 Å². The van der Waals surface area contributed by atoms with Gasteiger partial charge in [0.2, 0.25) is 0 Å². The molecule has 2 heterocycles. The quantitative estimate of drug-likeness (QED) is 0.0495. The van der Waals surface area contributed by atoms with Crippen molar-refractivity contribution in [3.8, 4) is 18.4 Å². The second-order valence-electron chi connectivity index (χ2n) is 13.4. The van der Waals surface area contributed by atoms with Crippen molar-refractivity contribution in [1.29, 1.82) is 10.5 Å². The number of rotatable bonds is 30. The number of unbranched alkanes of at least 4 members (excludes halogenated alkanes) is 16. The minimum absolute atomic E-state index is 0.0362. The largest absolute Gasteiger partial charge is 0.488 e. The van der Waals surface area contributed by atoms with Crippen molar-refractivity contribution in [3.63, 3.8) is 0 Å². The summed E-state index contributed by atoms with van der Waals surface area (Å²) >= 11 is 0. The Kier molecular flexibility index (Phi) is 25.1. The number of halogens is 1. The number of hydrogen-bond donors (Lipinski definition) is 2. The fourth-order valence-corrected chi connectivity index (χ4v) is 6.89. The van der Waals surface area contributed by atoms with E-state index in [0.29, 0.717) is 30.8 Å². The van der Waals surface area contributed by atoms with Gasteiger partial charge >= 0.3 is 8.60 Å². The monoisotopic (exact) mass is 756 g/mol. The van der Waals surface area contributed by atoms with E-state index in [4.69, 9.17) is 34.8 Å². The van der Waals surface area contributed by atoms with Gasteiger partial charge in [-0.2, -0.15) is 10.4 Å². The van der Waals surface area contributed by atoms with Crippen LogP contribution in [0.2, 0.25) is 0 Å². The van der Waals surface area contributed by atoms with Crippen molar-refractivity contribution in [1.82, 2.24) is 14.6 Å². The Hall–Kier alpha value is -3.38. The number of benzene rings is 1. The van der Waals surface area contributed by atoms with E-state index >= 15 is 0 Å². The molecule has 3 aromatic rings. The minimum atomic E-state index is -2.19. The normalized spacial score (nSPS) is 12.8. The second-order valence-corrected chi connectivity index (χ2v) is 14.4. The summed E-state index contributed by atoms with van der Waals surface area (Å²) in [5.41, 5.74) is 7.62. The first-order valence-corrected chi connectivity index (χ1v) is 20.5. The second kappa shape index (κ2) is 29.0. The van der Waals surface area contributed by atoms with E-state index in [1.165, 1.54) is 108 Å². The van der Waals surface area contributed by atoms with Crippen molar-refractivity contribution in [2.24, 2.45) is 0 Å². The standard InChI is InChI=1S/C39H61FN5O5P.CHN/c1-3-4-5-6-7-8-9-10-11-12-13-14-15-16-17-18-19-20-36(50-34-24-21-32(28-41)37(40)27-34)30-49-51(46)48-29-35(47-2)25-22-33-23-26-38-39(42)43-31-44-45(33)38;1-2/h21,23-24,26-27,31,35-36,46H,3-20,22,25,29-30H2,1-2H3,(H2,42,43,44);1H. The Labute approximate surface area is 318 Å². The highest BCUT2D eigenvalue weighted by molar-refractivity contribution is 7.40. The first kappa shape index (κ1) is 45.8. The number of ether oxygens (including phenoxy) is 2. The topological polar surface area (TPSA) is 161 Å². The summed E-state index contributed by atoms with van der Waals surface area (Å²) < 4.78 is 39.0. The Bertz CT molecular complexity index is 1450. The maximum absolute atomic E-state index is 14.3. The fourth-order valence-electron chi connectivity index (χ4n) is 6.23. The van der Waals surface area contributed by atoms with Crippen LogP contribution < -0.4 is 10.5 Å². The molecular formula is C40H62FN6O5P. The van der Waals surface area contributed by atoms with Crippen molar-refractivity contribution < 1.29 is 27.8 Å². The first-order chi connectivity index (χ1) is 25.9. The highest BCUT2D eigenvalue weighted by Gasteiger charge is 2.19. The number of nitrogens with zero attached hydrogens (tertiary/aromatic N) is 5. The van der Waals surface area contributed by atoms with Crippen molar-refractivity contribution in [2.75, 3.05) is 26.1 Å². The molecule has 3 N–H and O–H groups in total. The third-order valence-corrected chi connectivity index (χ3v) is 10.1. The molecule has 0 saturated heterocycles. The smallest absolute Gasteiger partial charge is 0.330 e. The molecule has 3 unspecified atom stereocenters. The van der Waals surface area contributed by atoms with E-state index in [9.17, 15) is 9.28 Å². The molecule has 0 amide bonds. The van der Waals surface area contributed by atoms with E-state index in [-0.39, 0.29) is 24.9 Å². The lowest BCUT2D eigenvalue weighted by Gasteiger charge is -2.22. The van der Waals surface area contributed by atoms with E-state index < -0.39 is 20.5 Å². The molecule has 53 heavy (non-hydrogen) atoms. The Morgan fingerprint density at radius 2 is 1.42 bits per heavy atom. The van der Waals surface area contributed by atoms with Crippen LogP contribution in [0, 0.1) is 29.0 Å². The lowest BCUT2D eigenvalue weighted by molar-refractivity contribution is 0.0388. The molecule has 0 spiro atoms. The highest BCUT2D eigenvalue weighted by Crippen LogP contribution is 2.34. The number of anilines is 1.